The number of aryl methyl sites for hydroxylation is 5. The highest BCUT2D eigenvalue weighted by Crippen LogP contribution is 2.45. The average molecular weight is 812 g/mol. The fourth-order valence-corrected chi connectivity index (χ4v) is 9.19. The summed E-state index contributed by atoms with van der Waals surface area (Å²) in [7, 11) is 1.92. The Morgan fingerprint density at radius 2 is 1.72 bits per heavy atom. The molecule has 1 atom stereocenters. The minimum absolute atomic E-state index is 0.167. The number of ether oxygens (including phenoxy) is 2. The summed E-state index contributed by atoms with van der Waals surface area (Å²) in [6, 6.07) is 13.1. The predicted octanol–water partition coefficient (Wildman–Crippen LogP) is 8.80. The number of hydrogen-bond acceptors (Lipinski definition) is 6. The fraction of sp³-hybridized carbons (Fsp3) is 0.386. The average Bonchev–Trinajstić information content (AvgIpc) is 3.83. The first kappa shape index (κ1) is 39.0. The molecule has 2 aliphatic rings. The minimum atomic E-state index is -1.03. The fourth-order valence-electron chi connectivity index (χ4n) is 8.83. The van der Waals surface area contributed by atoms with Crippen molar-refractivity contribution in [1.29, 1.82) is 0 Å². The second kappa shape index (κ2) is 15.5. The number of carboxylic acids is 1. The van der Waals surface area contributed by atoms with Gasteiger partial charge in [-0.1, -0.05) is 29.3 Å². The number of carboxylic acid groups (broad SMARTS) is 1. The van der Waals surface area contributed by atoms with E-state index in [0.29, 0.717) is 67.5 Å². The van der Waals surface area contributed by atoms with Gasteiger partial charge >= 0.3 is 5.97 Å². The molecule has 0 unspecified atom stereocenters. The lowest BCUT2D eigenvalue weighted by molar-refractivity contribution is 0.0365. The van der Waals surface area contributed by atoms with Crippen LogP contribution in [0.2, 0.25) is 10.0 Å². The Kier molecular flexibility index (Phi) is 10.6. The summed E-state index contributed by atoms with van der Waals surface area (Å²) in [6.07, 6.45) is 3.15. The number of aromatic carboxylic acids is 1. The highest BCUT2D eigenvalue weighted by molar-refractivity contribution is 6.35. The van der Waals surface area contributed by atoms with Gasteiger partial charge in [-0.15, -0.1) is 0 Å². The van der Waals surface area contributed by atoms with Crippen LogP contribution in [0.15, 0.2) is 48.7 Å². The largest absolute Gasteiger partial charge is 0.494 e. The molecule has 0 bridgehead atoms. The first-order valence-corrected chi connectivity index (χ1v) is 20.3. The van der Waals surface area contributed by atoms with E-state index in [0.717, 1.165) is 86.0 Å². The van der Waals surface area contributed by atoms with Gasteiger partial charge < -0.3 is 28.6 Å². The number of carbonyl (C=O) groups excluding carboxylic acids is 1. The smallest absolute Gasteiger partial charge is 0.336 e. The Hall–Kier alpha value is -4.81. The number of amides is 1. The first-order chi connectivity index (χ1) is 27.3. The lowest BCUT2D eigenvalue weighted by atomic mass is 9.98. The number of carbonyl (C=O) groups is 2. The van der Waals surface area contributed by atoms with Gasteiger partial charge in [-0.25, -0.2) is 4.79 Å². The number of aromatic nitrogens is 4. The first-order valence-electron chi connectivity index (χ1n) is 19.6. The molecule has 0 radical (unpaired) electrons. The number of fused-ring (bicyclic) bond motifs is 4. The Morgan fingerprint density at radius 3 is 2.40 bits per heavy atom. The molecule has 3 aromatic carbocycles. The number of rotatable bonds is 11. The van der Waals surface area contributed by atoms with Crippen LogP contribution in [-0.4, -0.2) is 86.8 Å². The van der Waals surface area contributed by atoms with Crippen molar-refractivity contribution in [2.24, 2.45) is 7.05 Å². The maximum atomic E-state index is 15.2. The number of halogens is 2. The van der Waals surface area contributed by atoms with Crippen molar-refractivity contribution in [2.75, 3.05) is 50.9 Å². The van der Waals surface area contributed by atoms with Gasteiger partial charge in [0.2, 0.25) is 0 Å². The van der Waals surface area contributed by atoms with Gasteiger partial charge in [-0.2, -0.15) is 5.10 Å². The van der Waals surface area contributed by atoms with E-state index >= 15 is 4.79 Å². The van der Waals surface area contributed by atoms with Gasteiger partial charge in [0.25, 0.3) is 5.91 Å². The summed E-state index contributed by atoms with van der Waals surface area (Å²) < 4.78 is 17.9. The Bertz CT molecular complexity index is 2540. The Balaban J connectivity index is 1.22. The molecule has 1 saturated heterocycles. The van der Waals surface area contributed by atoms with Gasteiger partial charge in [0.15, 0.2) is 0 Å². The van der Waals surface area contributed by atoms with E-state index in [4.69, 9.17) is 37.8 Å². The van der Waals surface area contributed by atoms with Crippen molar-refractivity contribution in [1.82, 2.24) is 23.8 Å². The maximum absolute atomic E-state index is 15.2. The SMILES string of the molecule is Cc1cc(OCCCc2c3n(c4c(-c5c(C)nn(C)c5C)c(Cl)ccc24)[C@H](C)CN(c2cc(C(=O)O)c4ccn(CCN5CCOCC5)c4c2)C3=O)cc(C)c1Cl. The maximum Gasteiger partial charge on any atom is 0.336 e. The molecule has 11 nitrogen and oxygen atoms in total. The molecule has 3 aromatic heterocycles. The van der Waals surface area contributed by atoms with Gasteiger partial charge in [0, 0.05) is 90.3 Å². The summed E-state index contributed by atoms with van der Waals surface area (Å²) in [5.74, 6) is -0.467. The van der Waals surface area contributed by atoms with E-state index in [1.807, 2.05) is 82.0 Å². The molecule has 0 aliphatic carbocycles. The zero-order valence-electron chi connectivity index (χ0n) is 33.3. The van der Waals surface area contributed by atoms with E-state index in [-0.39, 0.29) is 17.5 Å². The third-order valence-corrected chi connectivity index (χ3v) is 12.7. The van der Waals surface area contributed by atoms with Crippen LogP contribution in [0.5, 0.6) is 5.75 Å². The van der Waals surface area contributed by atoms with E-state index in [2.05, 4.69) is 21.0 Å². The van der Waals surface area contributed by atoms with Crippen LogP contribution in [0.25, 0.3) is 32.9 Å². The molecule has 1 amide bonds. The molecule has 8 rings (SSSR count). The van der Waals surface area contributed by atoms with Crippen molar-refractivity contribution >= 4 is 62.6 Å². The quantitative estimate of drug-likeness (QED) is 0.130. The molecule has 1 N–H and O–H groups in total. The van der Waals surface area contributed by atoms with Gasteiger partial charge in [0.1, 0.15) is 11.4 Å². The minimum Gasteiger partial charge on any atom is -0.494 e. The lowest BCUT2D eigenvalue weighted by Gasteiger charge is -2.34. The molecule has 0 saturated carbocycles. The molecular weight excluding hydrogens is 763 g/mol. The highest BCUT2D eigenvalue weighted by atomic mass is 35.5. The summed E-state index contributed by atoms with van der Waals surface area (Å²) >= 11 is 13.5. The van der Waals surface area contributed by atoms with Crippen LogP contribution in [0, 0.1) is 27.7 Å². The van der Waals surface area contributed by atoms with Crippen LogP contribution in [-0.2, 0) is 24.8 Å². The highest BCUT2D eigenvalue weighted by Gasteiger charge is 2.37. The van der Waals surface area contributed by atoms with E-state index < -0.39 is 5.97 Å². The Labute approximate surface area is 342 Å². The molecule has 1 fully saturated rings. The number of nitrogens with zero attached hydrogens (tertiary/aromatic N) is 6. The van der Waals surface area contributed by atoms with Gasteiger partial charge in [-0.3, -0.25) is 14.4 Å². The van der Waals surface area contributed by atoms with Crippen LogP contribution in [0.4, 0.5) is 5.69 Å². The summed E-state index contributed by atoms with van der Waals surface area (Å²) in [5.41, 5.74) is 9.43. The number of hydrogen-bond donors (Lipinski definition) is 1. The van der Waals surface area contributed by atoms with Crippen molar-refractivity contribution in [3.63, 3.8) is 0 Å². The molecule has 0 spiro atoms. The van der Waals surface area contributed by atoms with Gasteiger partial charge in [0.05, 0.1) is 47.1 Å². The number of morpholine rings is 1. The number of benzene rings is 3. The summed E-state index contributed by atoms with van der Waals surface area (Å²) in [5, 5.41) is 18.1. The van der Waals surface area contributed by atoms with Crippen molar-refractivity contribution in [2.45, 2.75) is 60.0 Å². The monoisotopic (exact) mass is 810 g/mol. The lowest BCUT2D eigenvalue weighted by Crippen LogP contribution is -2.42. The third kappa shape index (κ3) is 6.98. The van der Waals surface area contributed by atoms with E-state index in [1.165, 1.54) is 0 Å². The Morgan fingerprint density at radius 1 is 0.982 bits per heavy atom. The summed E-state index contributed by atoms with van der Waals surface area (Å²) in [4.78, 5) is 32.1. The van der Waals surface area contributed by atoms with E-state index in [9.17, 15) is 9.90 Å². The van der Waals surface area contributed by atoms with E-state index in [1.54, 1.807) is 11.0 Å². The number of anilines is 1. The molecule has 13 heteroatoms. The van der Waals surface area contributed by atoms with Crippen LogP contribution < -0.4 is 9.64 Å². The normalized spacial score (nSPS) is 16.2. The standard InChI is InChI=1S/C44H48Cl2N6O5/c1-25-20-31(21-26(2)40(25)46)57-17-7-8-33-34-9-10-36(45)39(38-28(4)47-48(6)29(38)5)41(34)52-27(3)24-51(43(53)42(33)52)30-22-35(44(54)55)32-11-12-50(37(32)23-30)14-13-49-15-18-56-19-16-49/h9-12,20-23,27H,7-8,13-19,24H2,1-6H3,(H,54,55)/t27-/m1/s1. The molecule has 6 aromatic rings. The zero-order valence-corrected chi connectivity index (χ0v) is 34.8. The third-order valence-electron chi connectivity index (χ3n) is 11.7. The summed E-state index contributed by atoms with van der Waals surface area (Å²) in [6.45, 7) is 15.5. The molecule has 57 heavy (non-hydrogen) atoms. The van der Waals surface area contributed by atoms with Gasteiger partial charge in [-0.05, 0) is 101 Å². The molecule has 5 heterocycles. The zero-order chi connectivity index (χ0) is 40.3. The predicted molar refractivity (Wildman–Crippen MR) is 226 cm³/mol. The second-order valence-electron chi connectivity index (χ2n) is 15.5. The van der Waals surface area contributed by atoms with Crippen molar-refractivity contribution in [3.8, 4) is 16.9 Å². The van der Waals surface area contributed by atoms with Crippen molar-refractivity contribution in [3.05, 3.63) is 98.0 Å². The van der Waals surface area contributed by atoms with Crippen LogP contribution in [0.1, 0.15) is 68.3 Å². The topological polar surface area (TPSA) is 107 Å². The van der Waals surface area contributed by atoms with Crippen LogP contribution >= 0.6 is 23.2 Å². The van der Waals surface area contributed by atoms with Crippen LogP contribution in [0.3, 0.4) is 0 Å². The second-order valence-corrected chi connectivity index (χ2v) is 16.3. The molecule has 298 valence electrons. The molecular formula is C44H48Cl2N6O5. The molecule has 2 aliphatic heterocycles. The van der Waals surface area contributed by atoms with Crippen molar-refractivity contribution < 1.29 is 24.2 Å².